The van der Waals surface area contributed by atoms with Gasteiger partial charge in [-0.3, -0.25) is 9.36 Å². The molecule has 0 saturated carbocycles. The molecule has 1 N–H and O–H groups in total. The number of rotatable bonds is 6. The molecule has 1 heterocycles. The van der Waals surface area contributed by atoms with Crippen LogP contribution in [-0.4, -0.2) is 45.0 Å². The van der Waals surface area contributed by atoms with E-state index in [4.69, 9.17) is 0 Å². The van der Waals surface area contributed by atoms with E-state index in [0.717, 1.165) is 5.69 Å². The number of hydrogen-bond acceptors (Lipinski definition) is 6. The minimum Gasteiger partial charge on any atom is -0.467 e. The molecule has 8 heteroatoms. The molecule has 2 rings (SSSR count). The largest absolute Gasteiger partial charge is 0.467 e. The number of hydrogen-bond donors (Lipinski definition) is 1. The molecule has 0 atom stereocenters. The van der Waals surface area contributed by atoms with Crippen LogP contribution >= 0.6 is 11.8 Å². The fourth-order valence-electron chi connectivity index (χ4n) is 2.20. The van der Waals surface area contributed by atoms with Crippen LogP contribution in [0, 0.1) is 13.8 Å². The van der Waals surface area contributed by atoms with Gasteiger partial charge in [0.05, 0.1) is 12.9 Å². The second-order valence-electron chi connectivity index (χ2n) is 6.21. The van der Waals surface area contributed by atoms with Crippen molar-refractivity contribution in [3.05, 3.63) is 35.7 Å². The van der Waals surface area contributed by atoms with Gasteiger partial charge in [-0.1, -0.05) is 17.8 Å². The average Bonchev–Trinajstić information content (AvgIpc) is 3.02. The molecule has 25 heavy (non-hydrogen) atoms. The van der Waals surface area contributed by atoms with Crippen LogP contribution < -0.4 is 5.32 Å². The Bertz CT molecular complexity index is 786. The lowest BCUT2D eigenvalue weighted by atomic mass is 10.1. The van der Waals surface area contributed by atoms with E-state index in [0.29, 0.717) is 5.16 Å². The van der Waals surface area contributed by atoms with Gasteiger partial charge < -0.3 is 10.1 Å². The summed E-state index contributed by atoms with van der Waals surface area (Å²) in [7, 11) is 1.29. The monoisotopic (exact) mass is 362 g/mol. The number of aryl methyl sites for hydroxylation is 2. The van der Waals surface area contributed by atoms with E-state index < -0.39 is 11.5 Å². The summed E-state index contributed by atoms with van der Waals surface area (Å²) in [6.07, 6.45) is 1.61. The SMILES string of the molecule is COC(=O)C(C)(C)NC(=O)CSc1nncn1-c1ccc(C)c(C)c1. The van der Waals surface area contributed by atoms with E-state index in [9.17, 15) is 9.59 Å². The van der Waals surface area contributed by atoms with E-state index in [2.05, 4.69) is 20.3 Å². The number of esters is 1. The number of benzene rings is 1. The molecule has 2 aromatic rings. The number of ether oxygens (including phenoxy) is 1. The molecule has 0 aliphatic heterocycles. The first kappa shape index (κ1) is 19.0. The van der Waals surface area contributed by atoms with Crippen molar-refractivity contribution in [2.75, 3.05) is 12.9 Å². The predicted molar refractivity (Wildman–Crippen MR) is 95.8 cm³/mol. The van der Waals surface area contributed by atoms with Crippen LogP contribution in [0.2, 0.25) is 0 Å². The summed E-state index contributed by atoms with van der Waals surface area (Å²) in [5.74, 6) is -0.663. The first-order valence-electron chi connectivity index (χ1n) is 7.74. The highest BCUT2D eigenvalue weighted by Gasteiger charge is 2.30. The highest BCUT2D eigenvalue weighted by atomic mass is 32.2. The molecule has 0 saturated heterocycles. The summed E-state index contributed by atoms with van der Waals surface area (Å²) in [5.41, 5.74) is 2.23. The van der Waals surface area contributed by atoms with Crippen LogP contribution in [0.4, 0.5) is 0 Å². The van der Waals surface area contributed by atoms with Crippen LogP contribution in [-0.2, 0) is 14.3 Å². The zero-order valence-corrected chi connectivity index (χ0v) is 15.8. The van der Waals surface area contributed by atoms with Gasteiger partial charge in [-0.05, 0) is 51.0 Å². The van der Waals surface area contributed by atoms with Gasteiger partial charge in [0.2, 0.25) is 5.91 Å². The Morgan fingerprint density at radius 2 is 2.00 bits per heavy atom. The van der Waals surface area contributed by atoms with Gasteiger partial charge in [-0.15, -0.1) is 10.2 Å². The smallest absolute Gasteiger partial charge is 0.330 e. The van der Waals surface area contributed by atoms with Gasteiger partial charge in [-0.2, -0.15) is 0 Å². The quantitative estimate of drug-likeness (QED) is 0.625. The minimum atomic E-state index is -1.08. The molecular weight excluding hydrogens is 340 g/mol. The molecule has 0 aliphatic carbocycles. The van der Waals surface area contributed by atoms with E-state index in [1.54, 1.807) is 20.2 Å². The summed E-state index contributed by atoms with van der Waals surface area (Å²) < 4.78 is 6.51. The standard InChI is InChI=1S/C17H22N4O3S/c1-11-6-7-13(8-12(11)2)21-10-18-20-16(21)25-9-14(22)19-17(3,4)15(23)24-5/h6-8,10H,9H2,1-5H3,(H,19,22). The predicted octanol–water partition coefficient (Wildman–Crippen LogP) is 2.04. The first-order chi connectivity index (χ1) is 11.7. The Morgan fingerprint density at radius 1 is 1.28 bits per heavy atom. The highest BCUT2D eigenvalue weighted by molar-refractivity contribution is 7.99. The van der Waals surface area contributed by atoms with Gasteiger partial charge in [0.1, 0.15) is 11.9 Å². The second-order valence-corrected chi connectivity index (χ2v) is 7.15. The van der Waals surface area contributed by atoms with Gasteiger partial charge in [0.25, 0.3) is 0 Å². The third-order valence-corrected chi connectivity index (χ3v) is 4.71. The summed E-state index contributed by atoms with van der Waals surface area (Å²) in [6.45, 7) is 7.28. The first-order valence-corrected chi connectivity index (χ1v) is 8.73. The lowest BCUT2D eigenvalue weighted by Gasteiger charge is -2.22. The maximum Gasteiger partial charge on any atom is 0.330 e. The van der Waals surface area contributed by atoms with Crippen molar-refractivity contribution in [2.24, 2.45) is 0 Å². The van der Waals surface area contributed by atoms with E-state index in [1.165, 1.54) is 30.0 Å². The Labute approximate surface area is 151 Å². The van der Waals surface area contributed by atoms with Crippen molar-refractivity contribution in [2.45, 2.75) is 38.4 Å². The van der Waals surface area contributed by atoms with Gasteiger partial charge in [0, 0.05) is 5.69 Å². The maximum atomic E-state index is 12.1. The number of methoxy groups -OCH3 is 1. The molecule has 134 valence electrons. The molecule has 0 radical (unpaired) electrons. The van der Waals surface area contributed by atoms with Crippen LogP contribution in [0.3, 0.4) is 0 Å². The topological polar surface area (TPSA) is 86.1 Å². The van der Waals surface area contributed by atoms with Crippen molar-refractivity contribution in [3.63, 3.8) is 0 Å². The Morgan fingerprint density at radius 3 is 2.64 bits per heavy atom. The summed E-state index contributed by atoms with van der Waals surface area (Å²) in [6, 6.07) is 6.06. The molecule has 0 fully saturated rings. The fraction of sp³-hybridized carbons (Fsp3) is 0.412. The number of thioether (sulfide) groups is 1. The van der Waals surface area contributed by atoms with Crippen LogP contribution in [0.25, 0.3) is 5.69 Å². The molecule has 0 spiro atoms. The van der Waals surface area contributed by atoms with Crippen molar-refractivity contribution >= 4 is 23.6 Å². The Balaban J connectivity index is 2.05. The third kappa shape index (κ3) is 4.60. The van der Waals surface area contributed by atoms with Gasteiger partial charge in [-0.25, -0.2) is 4.79 Å². The molecule has 1 amide bonds. The van der Waals surface area contributed by atoms with E-state index >= 15 is 0 Å². The number of nitrogens with zero attached hydrogens (tertiary/aromatic N) is 3. The second kappa shape index (κ2) is 7.69. The number of aromatic nitrogens is 3. The Kier molecular flexibility index (Phi) is 5.84. The molecule has 0 aliphatic rings. The molecule has 0 bridgehead atoms. The fourth-order valence-corrected chi connectivity index (χ4v) is 2.93. The van der Waals surface area contributed by atoms with Gasteiger partial charge >= 0.3 is 5.97 Å². The number of nitrogens with one attached hydrogen (secondary N) is 1. The average molecular weight is 362 g/mol. The molecular formula is C17H22N4O3S. The van der Waals surface area contributed by atoms with Gasteiger partial charge in [0.15, 0.2) is 5.16 Å². The van der Waals surface area contributed by atoms with E-state index in [1.807, 2.05) is 36.6 Å². The van der Waals surface area contributed by atoms with E-state index in [-0.39, 0.29) is 11.7 Å². The number of carbonyl (C=O) groups is 2. The van der Waals surface area contributed by atoms with Crippen LogP contribution in [0.5, 0.6) is 0 Å². The summed E-state index contributed by atoms with van der Waals surface area (Å²) in [4.78, 5) is 23.8. The molecule has 0 unspecified atom stereocenters. The van der Waals surface area contributed by atoms with Crippen molar-refractivity contribution in [1.82, 2.24) is 20.1 Å². The zero-order valence-electron chi connectivity index (χ0n) is 15.0. The van der Waals surface area contributed by atoms with Crippen molar-refractivity contribution < 1.29 is 14.3 Å². The maximum absolute atomic E-state index is 12.1. The summed E-state index contributed by atoms with van der Waals surface area (Å²) in [5, 5.41) is 11.3. The number of amides is 1. The highest BCUT2D eigenvalue weighted by Crippen LogP contribution is 2.21. The normalized spacial score (nSPS) is 11.2. The van der Waals surface area contributed by atoms with Crippen LogP contribution in [0.1, 0.15) is 25.0 Å². The molecule has 1 aromatic heterocycles. The van der Waals surface area contributed by atoms with Crippen molar-refractivity contribution in [1.29, 1.82) is 0 Å². The van der Waals surface area contributed by atoms with Crippen LogP contribution in [0.15, 0.2) is 29.7 Å². The number of carbonyl (C=O) groups excluding carboxylic acids is 2. The Hall–Kier alpha value is -2.35. The van der Waals surface area contributed by atoms with Crippen molar-refractivity contribution in [3.8, 4) is 5.69 Å². The molecule has 1 aromatic carbocycles. The minimum absolute atomic E-state index is 0.115. The molecule has 7 nitrogen and oxygen atoms in total. The third-order valence-electron chi connectivity index (χ3n) is 3.77. The lowest BCUT2D eigenvalue weighted by Crippen LogP contribution is -2.50. The summed E-state index contributed by atoms with van der Waals surface area (Å²) >= 11 is 1.25. The zero-order chi connectivity index (χ0) is 18.6. The lowest BCUT2D eigenvalue weighted by molar-refractivity contribution is -0.149.